The van der Waals surface area contributed by atoms with Gasteiger partial charge in [0.2, 0.25) is 0 Å². The summed E-state index contributed by atoms with van der Waals surface area (Å²) in [5.41, 5.74) is 0.724. The zero-order valence-electron chi connectivity index (χ0n) is 12.5. The maximum Gasteiger partial charge on any atom is 0.125 e. The maximum atomic E-state index is 10.4. The van der Waals surface area contributed by atoms with Crippen LogP contribution in [0.25, 0.3) is 0 Å². The van der Waals surface area contributed by atoms with Crippen molar-refractivity contribution in [2.24, 2.45) is 11.8 Å². The molecule has 1 unspecified atom stereocenters. The second-order valence-corrected chi connectivity index (χ2v) is 6.74. The van der Waals surface area contributed by atoms with Crippen LogP contribution in [0.1, 0.15) is 58.6 Å². The molecule has 1 N–H and O–H groups in total. The molecule has 0 saturated heterocycles. The summed E-state index contributed by atoms with van der Waals surface area (Å²) in [4.78, 5) is 0. The lowest BCUT2D eigenvalue weighted by atomic mass is 9.78. The fourth-order valence-electron chi connectivity index (χ4n) is 3.41. The summed E-state index contributed by atoms with van der Waals surface area (Å²) in [7, 11) is 0. The Morgan fingerprint density at radius 2 is 1.74 bits per heavy atom. The summed E-state index contributed by atoms with van der Waals surface area (Å²) in [5.74, 6) is 2.00. The highest BCUT2D eigenvalue weighted by molar-refractivity contribution is 5.38. The first-order chi connectivity index (χ1) is 8.92. The van der Waals surface area contributed by atoms with Gasteiger partial charge in [0.05, 0.1) is 6.10 Å². The van der Waals surface area contributed by atoms with Gasteiger partial charge in [0, 0.05) is 12.0 Å². The Kier molecular flexibility index (Phi) is 4.19. The van der Waals surface area contributed by atoms with Crippen LogP contribution >= 0.6 is 0 Å². The van der Waals surface area contributed by atoms with Crippen molar-refractivity contribution in [2.45, 2.75) is 58.7 Å². The summed E-state index contributed by atoms with van der Waals surface area (Å²) in [6.45, 7) is 8.88. The highest BCUT2D eigenvalue weighted by Gasteiger charge is 2.41. The molecule has 0 bridgehead atoms. The van der Waals surface area contributed by atoms with Crippen LogP contribution in [0.15, 0.2) is 24.3 Å². The van der Waals surface area contributed by atoms with Gasteiger partial charge in [-0.15, -0.1) is 0 Å². The van der Waals surface area contributed by atoms with Crippen molar-refractivity contribution >= 4 is 0 Å². The summed E-state index contributed by atoms with van der Waals surface area (Å²) in [5, 5.41) is 10.4. The van der Waals surface area contributed by atoms with Gasteiger partial charge >= 0.3 is 0 Å². The summed E-state index contributed by atoms with van der Waals surface area (Å²) in [6, 6.07) is 7.89. The van der Waals surface area contributed by atoms with Crippen molar-refractivity contribution in [2.75, 3.05) is 0 Å². The summed E-state index contributed by atoms with van der Waals surface area (Å²) in [6.07, 6.45) is 2.30. The Labute approximate surface area is 116 Å². The van der Waals surface area contributed by atoms with E-state index in [1.54, 1.807) is 0 Å². The number of para-hydroxylation sites is 1. The molecule has 2 heteroatoms. The van der Waals surface area contributed by atoms with Gasteiger partial charge in [0.25, 0.3) is 0 Å². The molecule has 2 rings (SSSR count). The number of benzene rings is 1. The molecule has 1 atom stereocenters. The smallest absolute Gasteiger partial charge is 0.125 e. The number of aliphatic hydroxyl groups excluding tert-OH is 1. The lowest BCUT2D eigenvalue weighted by Gasteiger charge is -2.43. The lowest BCUT2D eigenvalue weighted by molar-refractivity contribution is -0.0406. The number of fused-ring (bicyclic) bond motifs is 1. The fourth-order valence-corrected chi connectivity index (χ4v) is 3.41. The van der Waals surface area contributed by atoms with E-state index in [9.17, 15) is 5.11 Å². The SMILES string of the molecule is CC(C)CC1(CC(C)C)CC(O)c2ccccc2O1. The molecule has 106 valence electrons. The molecule has 1 aliphatic rings. The van der Waals surface area contributed by atoms with Gasteiger partial charge in [-0.3, -0.25) is 0 Å². The molecule has 1 aromatic rings. The van der Waals surface area contributed by atoms with E-state index in [0.29, 0.717) is 18.3 Å². The first kappa shape index (κ1) is 14.4. The average molecular weight is 262 g/mol. The molecule has 19 heavy (non-hydrogen) atoms. The standard InChI is InChI=1S/C17H26O2/c1-12(2)9-17(10-13(3)4)11-15(18)14-7-5-6-8-16(14)19-17/h5-8,12-13,15,18H,9-11H2,1-4H3. The predicted molar refractivity (Wildman–Crippen MR) is 78.3 cm³/mol. The van der Waals surface area contributed by atoms with Crippen LogP contribution in [0.2, 0.25) is 0 Å². The molecule has 2 nitrogen and oxygen atoms in total. The maximum absolute atomic E-state index is 10.4. The van der Waals surface area contributed by atoms with Crippen LogP contribution in [-0.2, 0) is 0 Å². The minimum Gasteiger partial charge on any atom is -0.487 e. The zero-order valence-corrected chi connectivity index (χ0v) is 12.5. The molecule has 1 aliphatic heterocycles. The number of aliphatic hydroxyl groups is 1. The van der Waals surface area contributed by atoms with E-state index < -0.39 is 6.10 Å². The van der Waals surface area contributed by atoms with E-state index in [4.69, 9.17) is 4.74 Å². The number of ether oxygens (including phenoxy) is 1. The molecular formula is C17H26O2. The molecule has 0 saturated carbocycles. The minimum atomic E-state index is -0.401. The average Bonchev–Trinajstić information content (AvgIpc) is 2.26. The topological polar surface area (TPSA) is 29.5 Å². The fraction of sp³-hybridized carbons (Fsp3) is 0.647. The van der Waals surface area contributed by atoms with Crippen molar-refractivity contribution < 1.29 is 9.84 Å². The minimum absolute atomic E-state index is 0.212. The molecule has 0 amide bonds. The van der Waals surface area contributed by atoms with Gasteiger partial charge in [0.15, 0.2) is 0 Å². The molecule has 0 spiro atoms. The number of hydrogen-bond acceptors (Lipinski definition) is 2. The van der Waals surface area contributed by atoms with Gasteiger partial charge in [-0.2, -0.15) is 0 Å². The Hall–Kier alpha value is -1.02. The third kappa shape index (κ3) is 3.30. The Morgan fingerprint density at radius 3 is 2.32 bits per heavy atom. The Balaban J connectivity index is 2.31. The van der Waals surface area contributed by atoms with Crippen LogP contribution in [0.3, 0.4) is 0 Å². The first-order valence-corrected chi connectivity index (χ1v) is 7.38. The molecule has 0 fully saturated rings. The van der Waals surface area contributed by atoms with Crippen LogP contribution < -0.4 is 4.74 Å². The van der Waals surface area contributed by atoms with E-state index >= 15 is 0 Å². The molecule has 1 heterocycles. The molecule has 1 aromatic carbocycles. The largest absolute Gasteiger partial charge is 0.487 e. The van der Waals surface area contributed by atoms with E-state index in [1.807, 2.05) is 24.3 Å². The second kappa shape index (κ2) is 5.54. The molecule has 0 aliphatic carbocycles. The van der Waals surface area contributed by atoms with E-state index in [1.165, 1.54) is 0 Å². The van der Waals surface area contributed by atoms with Crippen LogP contribution in [0.5, 0.6) is 5.75 Å². The third-order valence-electron chi connectivity index (χ3n) is 3.73. The van der Waals surface area contributed by atoms with Gasteiger partial charge in [-0.05, 0) is 30.7 Å². The van der Waals surface area contributed by atoms with E-state index in [-0.39, 0.29) is 5.60 Å². The van der Waals surface area contributed by atoms with Crippen molar-refractivity contribution in [3.05, 3.63) is 29.8 Å². The van der Waals surface area contributed by atoms with Crippen molar-refractivity contribution in [3.8, 4) is 5.75 Å². The van der Waals surface area contributed by atoms with Crippen LogP contribution in [0.4, 0.5) is 0 Å². The lowest BCUT2D eigenvalue weighted by Crippen LogP contribution is -2.43. The highest BCUT2D eigenvalue weighted by Crippen LogP contribution is 2.44. The molecule has 0 radical (unpaired) electrons. The van der Waals surface area contributed by atoms with Crippen LogP contribution in [-0.4, -0.2) is 10.7 Å². The van der Waals surface area contributed by atoms with E-state index in [0.717, 1.165) is 24.2 Å². The summed E-state index contributed by atoms with van der Waals surface area (Å²) >= 11 is 0. The van der Waals surface area contributed by atoms with E-state index in [2.05, 4.69) is 27.7 Å². The third-order valence-corrected chi connectivity index (χ3v) is 3.73. The Morgan fingerprint density at radius 1 is 1.16 bits per heavy atom. The van der Waals surface area contributed by atoms with Gasteiger partial charge in [0.1, 0.15) is 11.4 Å². The number of rotatable bonds is 4. The quantitative estimate of drug-likeness (QED) is 0.875. The normalized spacial score (nSPS) is 21.3. The molecule has 0 aromatic heterocycles. The van der Waals surface area contributed by atoms with Gasteiger partial charge < -0.3 is 9.84 Å². The van der Waals surface area contributed by atoms with Crippen molar-refractivity contribution in [3.63, 3.8) is 0 Å². The Bertz CT molecular complexity index is 413. The van der Waals surface area contributed by atoms with Crippen molar-refractivity contribution in [1.29, 1.82) is 0 Å². The monoisotopic (exact) mass is 262 g/mol. The zero-order chi connectivity index (χ0) is 14.0. The number of hydrogen-bond donors (Lipinski definition) is 1. The van der Waals surface area contributed by atoms with Gasteiger partial charge in [-0.1, -0.05) is 45.9 Å². The second-order valence-electron chi connectivity index (χ2n) is 6.74. The highest BCUT2D eigenvalue weighted by atomic mass is 16.5. The summed E-state index contributed by atoms with van der Waals surface area (Å²) < 4.78 is 6.35. The predicted octanol–water partition coefficient (Wildman–Crippen LogP) is 4.33. The first-order valence-electron chi connectivity index (χ1n) is 7.38. The van der Waals surface area contributed by atoms with Gasteiger partial charge in [-0.25, -0.2) is 0 Å². The van der Waals surface area contributed by atoms with Crippen LogP contribution in [0, 0.1) is 11.8 Å². The van der Waals surface area contributed by atoms with Crippen molar-refractivity contribution in [1.82, 2.24) is 0 Å². The molecular weight excluding hydrogens is 236 g/mol.